The van der Waals surface area contributed by atoms with Crippen LogP contribution in [0.25, 0.3) is 0 Å². The van der Waals surface area contributed by atoms with Crippen molar-refractivity contribution >= 4 is 19.0 Å². The number of halogens is 3. The lowest BCUT2D eigenvalue weighted by atomic mass is 10.2. The lowest BCUT2D eigenvalue weighted by molar-refractivity contribution is -0.128. The van der Waals surface area contributed by atoms with Crippen molar-refractivity contribution in [3.8, 4) is 5.75 Å². The molecule has 0 saturated carbocycles. The highest BCUT2D eigenvalue weighted by molar-refractivity contribution is 5.93. The van der Waals surface area contributed by atoms with Crippen molar-refractivity contribution in [2.45, 2.75) is 39.5 Å². The van der Waals surface area contributed by atoms with Crippen LogP contribution in [0.2, 0.25) is 0 Å². The van der Waals surface area contributed by atoms with E-state index in [0.29, 0.717) is 18.5 Å². The smallest absolute Gasteiger partial charge is 0.342 e. The van der Waals surface area contributed by atoms with Gasteiger partial charge in [-0.2, -0.15) is 8.78 Å². The number of aliphatic hydroxyl groups excluding tert-OH is 2. The Morgan fingerprint density at radius 2 is 1.90 bits per heavy atom. The molecule has 2 aromatic rings. The number of rotatable bonds is 13. The Morgan fingerprint density at radius 3 is 2.41 bits per heavy atom. The number of aryl methyl sites for hydroxylation is 1. The standard InChI is InChI=1S/C25H32FN5O4.CH2F2O/c1-18-9-10-21(28-14-18)15-31(17-35-22-8-6-7-20(26)13-22)23(24(27-3)30(5)16-32)25(34)29(4)12-11-19(2)33;2-1(3)4/h6-10,13-14,16,19,33H,3,11-12,15,17H2,1-2,4-5H3;1,4H/b24-23+;. The fourth-order valence-corrected chi connectivity index (χ4v) is 3.12. The molecule has 0 aliphatic rings. The van der Waals surface area contributed by atoms with Crippen molar-refractivity contribution in [2.24, 2.45) is 4.99 Å². The minimum atomic E-state index is -3.17. The van der Waals surface area contributed by atoms with E-state index in [1.807, 2.05) is 19.1 Å². The van der Waals surface area contributed by atoms with Crippen molar-refractivity contribution in [1.29, 1.82) is 0 Å². The molecule has 1 heterocycles. The number of alkyl halides is 2. The van der Waals surface area contributed by atoms with Gasteiger partial charge in [0.15, 0.2) is 12.6 Å². The van der Waals surface area contributed by atoms with Crippen LogP contribution in [0, 0.1) is 12.7 Å². The fourth-order valence-electron chi connectivity index (χ4n) is 3.12. The first-order valence-electron chi connectivity index (χ1n) is 11.7. The van der Waals surface area contributed by atoms with Crippen LogP contribution >= 0.6 is 0 Å². The number of ether oxygens (including phenoxy) is 1. The summed E-state index contributed by atoms with van der Waals surface area (Å²) in [5, 5.41) is 16.4. The third-order valence-corrected chi connectivity index (χ3v) is 5.11. The predicted octanol–water partition coefficient (Wildman–Crippen LogP) is 2.76. The summed E-state index contributed by atoms with van der Waals surface area (Å²) in [5.41, 5.74) is 1.64. The Morgan fingerprint density at radius 1 is 1.23 bits per heavy atom. The Labute approximate surface area is 225 Å². The lowest BCUT2D eigenvalue weighted by Gasteiger charge is -2.31. The average Bonchev–Trinajstić information content (AvgIpc) is 2.88. The van der Waals surface area contributed by atoms with Gasteiger partial charge >= 0.3 is 6.61 Å². The van der Waals surface area contributed by atoms with Crippen LogP contribution in [0.15, 0.2) is 59.1 Å². The van der Waals surface area contributed by atoms with E-state index >= 15 is 0 Å². The molecule has 2 N–H and O–H groups in total. The number of benzene rings is 1. The van der Waals surface area contributed by atoms with Crippen LogP contribution < -0.4 is 4.74 Å². The normalized spacial score (nSPS) is 11.9. The number of aliphatic imine (C=N–C) groups is 1. The molecule has 39 heavy (non-hydrogen) atoms. The number of hydrogen-bond acceptors (Lipinski definition) is 8. The van der Waals surface area contributed by atoms with Gasteiger partial charge in [-0.1, -0.05) is 12.1 Å². The van der Waals surface area contributed by atoms with Gasteiger partial charge in [-0.25, -0.2) is 9.38 Å². The Kier molecular flexibility index (Phi) is 14.2. The quantitative estimate of drug-likeness (QED) is 0.170. The lowest BCUT2D eigenvalue weighted by Crippen LogP contribution is -2.41. The number of nitrogens with zero attached hydrogens (tertiary/aromatic N) is 5. The maximum absolute atomic E-state index is 13.7. The third kappa shape index (κ3) is 12.0. The molecule has 1 aromatic heterocycles. The summed E-state index contributed by atoms with van der Waals surface area (Å²) in [6.45, 7) is 4.14. The second-order valence-corrected chi connectivity index (χ2v) is 8.44. The highest BCUT2D eigenvalue weighted by atomic mass is 19.3. The molecule has 1 unspecified atom stereocenters. The van der Waals surface area contributed by atoms with E-state index in [0.717, 1.165) is 10.5 Å². The Bertz CT molecular complexity index is 1100. The molecule has 0 aliphatic carbocycles. The van der Waals surface area contributed by atoms with Crippen LogP contribution in [0.3, 0.4) is 0 Å². The van der Waals surface area contributed by atoms with E-state index in [2.05, 4.69) is 16.7 Å². The molecule has 0 fully saturated rings. The Hall–Kier alpha value is -3.97. The molecule has 2 amide bonds. The number of aromatic nitrogens is 1. The predicted molar refractivity (Wildman–Crippen MR) is 139 cm³/mol. The maximum Gasteiger partial charge on any atom is 0.342 e. The van der Waals surface area contributed by atoms with Gasteiger partial charge in [0.1, 0.15) is 17.3 Å². The molecule has 0 aliphatic heterocycles. The van der Waals surface area contributed by atoms with Crippen LogP contribution in [0.5, 0.6) is 5.75 Å². The van der Waals surface area contributed by atoms with E-state index in [1.165, 1.54) is 30.1 Å². The van der Waals surface area contributed by atoms with Crippen LogP contribution in [-0.4, -0.2) is 89.0 Å². The van der Waals surface area contributed by atoms with Crippen LogP contribution in [-0.2, 0) is 16.1 Å². The summed E-state index contributed by atoms with van der Waals surface area (Å²) >= 11 is 0. The number of carbonyl (C=O) groups is 2. The summed E-state index contributed by atoms with van der Waals surface area (Å²) in [6, 6.07) is 9.33. The number of likely N-dealkylation sites (N-methyl/N-ethyl adjacent to an activating group) is 1. The van der Waals surface area contributed by atoms with Gasteiger partial charge in [-0.05, 0) is 50.7 Å². The first kappa shape index (κ1) is 33.1. The molecule has 0 bridgehead atoms. The number of hydrogen-bond donors (Lipinski definition) is 2. The Balaban J connectivity index is 0.00000177. The fraction of sp³-hybridized carbons (Fsp3) is 0.385. The van der Waals surface area contributed by atoms with Gasteiger partial charge in [0.2, 0.25) is 6.41 Å². The van der Waals surface area contributed by atoms with E-state index in [1.54, 1.807) is 31.1 Å². The van der Waals surface area contributed by atoms with E-state index in [-0.39, 0.29) is 37.1 Å². The van der Waals surface area contributed by atoms with Crippen molar-refractivity contribution in [3.63, 3.8) is 0 Å². The molecular weight excluding hydrogens is 519 g/mol. The summed E-state index contributed by atoms with van der Waals surface area (Å²) in [4.78, 5) is 37.7. The van der Waals surface area contributed by atoms with Gasteiger partial charge in [0.05, 0.1) is 18.3 Å². The van der Waals surface area contributed by atoms with Crippen molar-refractivity contribution in [3.05, 3.63) is 71.2 Å². The third-order valence-electron chi connectivity index (χ3n) is 5.11. The molecule has 0 radical (unpaired) electrons. The van der Waals surface area contributed by atoms with Crippen LogP contribution in [0.4, 0.5) is 13.2 Å². The van der Waals surface area contributed by atoms with Gasteiger partial charge < -0.3 is 29.6 Å². The van der Waals surface area contributed by atoms with Gasteiger partial charge in [-0.15, -0.1) is 0 Å². The van der Waals surface area contributed by atoms with Crippen molar-refractivity contribution in [2.75, 3.05) is 27.4 Å². The molecule has 214 valence electrons. The summed E-state index contributed by atoms with van der Waals surface area (Å²) in [7, 11) is 3.04. The van der Waals surface area contributed by atoms with E-state index < -0.39 is 24.4 Å². The summed E-state index contributed by atoms with van der Waals surface area (Å²) in [6.07, 6.45) is 1.97. The van der Waals surface area contributed by atoms with Gasteiger partial charge in [0.25, 0.3) is 5.91 Å². The second kappa shape index (κ2) is 16.8. The average molecular weight is 554 g/mol. The van der Waals surface area contributed by atoms with Gasteiger partial charge in [-0.3, -0.25) is 14.6 Å². The van der Waals surface area contributed by atoms with Crippen molar-refractivity contribution in [1.82, 2.24) is 19.7 Å². The topological polar surface area (TPSA) is 119 Å². The molecule has 13 heteroatoms. The number of pyridine rings is 1. The summed E-state index contributed by atoms with van der Waals surface area (Å²) in [5.74, 6) is -0.647. The number of amides is 2. The van der Waals surface area contributed by atoms with E-state index in [4.69, 9.17) is 9.84 Å². The van der Waals surface area contributed by atoms with Crippen LogP contribution in [0.1, 0.15) is 24.6 Å². The zero-order chi connectivity index (χ0) is 29.5. The SMILES string of the molecule is C=N/C(=C(/C(=O)N(C)CCC(C)O)N(COc1cccc(F)c1)Cc1ccc(C)cn1)N(C)C=O.OC(F)F. The monoisotopic (exact) mass is 553 g/mol. The largest absolute Gasteiger partial charge is 0.473 e. The van der Waals surface area contributed by atoms with Crippen molar-refractivity contribution < 1.29 is 37.7 Å². The van der Waals surface area contributed by atoms with E-state index in [9.17, 15) is 27.9 Å². The first-order valence-corrected chi connectivity index (χ1v) is 11.7. The zero-order valence-electron chi connectivity index (χ0n) is 22.3. The second-order valence-electron chi connectivity index (χ2n) is 8.44. The zero-order valence-corrected chi connectivity index (χ0v) is 22.3. The molecule has 10 nitrogen and oxygen atoms in total. The first-order chi connectivity index (χ1) is 18.4. The number of aliphatic hydroxyl groups is 2. The molecule has 0 saturated heterocycles. The molecule has 0 spiro atoms. The minimum absolute atomic E-state index is 0.0175. The highest BCUT2D eigenvalue weighted by Gasteiger charge is 2.28. The summed E-state index contributed by atoms with van der Waals surface area (Å²) < 4.78 is 39.3. The molecule has 2 rings (SSSR count). The van der Waals surface area contributed by atoms with Gasteiger partial charge in [0, 0.05) is 32.9 Å². The minimum Gasteiger partial charge on any atom is -0.473 e. The molecule has 1 atom stereocenters. The maximum atomic E-state index is 13.7. The highest BCUT2D eigenvalue weighted by Crippen LogP contribution is 2.21. The molecule has 1 aromatic carbocycles. The number of carbonyl (C=O) groups excluding carboxylic acids is 2. The molecular formula is C26H34F3N5O5.